The highest BCUT2D eigenvalue weighted by Crippen LogP contribution is 2.30. The van der Waals surface area contributed by atoms with E-state index in [-0.39, 0.29) is 23.6 Å². The maximum Gasteiger partial charge on any atom is 0.434 e. The number of halogens is 3. The molecule has 0 atom stereocenters. The van der Waals surface area contributed by atoms with Gasteiger partial charge in [0.25, 0.3) is 5.91 Å². The monoisotopic (exact) mass is 523 g/mol. The molecule has 1 aliphatic rings. The van der Waals surface area contributed by atoms with Crippen molar-refractivity contribution < 1.29 is 26.4 Å². The number of carbonyl (C=O) groups excluding carboxylic acids is 1. The highest BCUT2D eigenvalue weighted by molar-refractivity contribution is 7.93. The molecule has 194 valence electrons. The van der Waals surface area contributed by atoms with Gasteiger partial charge >= 0.3 is 6.18 Å². The number of alkyl halides is 3. The van der Waals surface area contributed by atoms with Gasteiger partial charge in [-0.3, -0.25) is 13.9 Å². The third-order valence-electron chi connectivity index (χ3n) is 6.20. The van der Waals surface area contributed by atoms with Crippen molar-refractivity contribution in [2.45, 2.75) is 63.0 Å². The molecule has 1 amide bonds. The van der Waals surface area contributed by atoms with Crippen LogP contribution in [0.5, 0.6) is 0 Å². The Hall–Kier alpha value is -3.28. The van der Waals surface area contributed by atoms with Gasteiger partial charge in [0.2, 0.25) is 10.0 Å². The standard InChI is InChI=1S/C24H28F3N5O3S/c1-15(2)36(34,35)31-19-6-3-5-16(13-19)23(33)29-18-11-9-17(10-12-18)28-21-7-4-8-22-30-20(14-32(21)22)24(25,26)27/h3-8,13-15,17-18,28,31H,9-12H2,1-2H3,(H,29,33)/t17-,18+. The maximum atomic E-state index is 13.1. The summed E-state index contributed by atoms with van der Waals surface area (Å²) in [7, 11) is -3.52. The minimum atomic E-state index is -4.52. The number of rotatable bonds is 7. The first kappa shape index (κ1) is 25.8. The molecule has 1 aliphatic carbocycles. The molecule has 0 spiro atoms. The van der Waals surface area contributed by atoms with E-state index in [1.54, 1.807) is 44.2 Å². The second kappa shape index (κ2) is 10.00. The van der Waals surface area contributed by atoms with Crippen molar-refractivity contribution in [3.8, 4) is 0 Å². The van der Waals surface area contributed by atoms with Crippen LogP contribution in [0.2, 0.25) is 0 Å². The SMILES string of the molecule is CC(C)S(=O)(=O)Nc1cccc(C(=O)N[C@H]2CC[C@@H](Nc3cccc4nc(C(F)(F)F)cn34)CC2)c1. The molecule has 0 bridgehead atoms. The van der Waals surface area contributed by atoms with Crippen molar-refractivity contribution in [2.24, 2.45) is 0 Å². The Morgan fingerprint density at radius 2 is 1.72 bits per heavy atom. The predicted molar refractivity (Wildman–Crippen MR) is 131 cm³/mol. The van der Waals surface area contributed by atoms with Crippen LogP contribution in [-0.2, 0) is 16.2 Å². The molecule has 3 aromatic rings. The predicted octanol–water partition coefficient (Wildman–Crippen LogP) is 4.66. The van der Waals surface area contributed by atoms with Crippen molar-refractivity contribution in [3.05, 3.63) is 59.9 Å². The van der Waals surface area contributed by atoms with Crippen LogP contribution >= 0.6 is 0 Å². The molecular formula is C24H28F3N5O3S. The average molecular weight is 524 g/mol. The van der Waals surface area contributed by atoms with Crippen molar-refractivity contribution >= 4 is 33.1 Å². The number of nitrogens with one attached hydrogen (secondary N) is 3. The van der Waals surface area contributed by atoms with Crippen LogP contribution in [0.25, 0.3) is 5.65 Å². The van der Waals surface area contributed by atoms with Gasteiger partial charge in [-0.05, 0) is 69.9 Å². The fraction of sp³-hybridized carbons (Fsp3) is 0.417. The van der Waals surface area contributed by atoms with E-state index in [0.717, 1.165) is 19.0 Å². The number of anilines is 2. The molecule has 0 saturated heterocycles. The fourth-order valence-corrected chi connectivity index (χ4v) is 4.82. The van der Waals surface area contributed by atoms with E-state index in [4.69, 9.17) is 0 Å². The smallest absolute Gasteiger partial charge is 0.368 e. The lowest BCUT2D eigenvalue weighted by molar-refractivity contribution is -0.140. The summed E-state index contributed by atoms with van der Waals surface area (Å²) in [6.45, 7) is 3.14. The largest absolute Gasteiger partial charge is 0.434 e. The van der Waals surface area contributed by atoms with Gasteiger partial charge in [0, 0.05) is 29.5 Å². The van der Waals surface area contributed by atoms with E-state index < -0.39 is 27.1 Å². The van der Waals surface area contributed by atoms with Crippen molar-refractivity contribution in [2.75, 3.05) is 10.0 Å². The highest BCUT2D eigenvalue weighted by Gasteiger charge is 2.34. The van der Waals surface area contributed by atoms with Crippen molar-refractivity contribution in [3.63, 3.8) is 0 Å². The van der Waals surface area contributed by atoms with Gasteiger partial charge < -0.3 is 10.6 Å². The van der Waals surface area contributed by atoms with Crippen LogP contribution < -0.4 is 15.4 Å². The minimum Gasteiger partial charge on any atom is -0.368 e. The summed E-state index contributed by atoms with van der Waals surface area (Å²) in [6, 6.07) is 11.2. The number of aromatic nitrogens is 2. The van der Waals surface area contributed by atoms with E-state index in [1.165, 1.54) is 16.5 Å². The topological polar surface area (TPSA) is 105 Å². The van der Waals surface area contributed by atoms with Gasteiger partial charge in [-0.25, -0.2) is 13.4 Å². The first-order valence-electron chi connectivity index (χ1n) is 11.7. The number of sulfonamides is 1. The molecule has 1 aromatic carbocycles. The average Bonchev–Trinajstić information content (AvgIpc) is 3.26. The van der Waals surface area contributed by atoms with E-state index in [2.05, 4.69) is 20.3 Å². The fourth-order valence-electron chi connectivity index (χ4n) is 4.13. The first-order valence-corrected chi connectivity index (χ1v) is 13.2. The Balaban J connectivity index is 1.34. The third-order valence-corrected chi connectivity index (χ3v) is 7.96. The Bertz CT molecular complexity index is 1350. The van der Waals surface area contributed by atoms with Crippen LogP contribution in [0.3, 0.4) is 0 Å². The van der Waals surface area contributed by atoms with Crippen LogP contribution in [0, 0.1) is 0 Å². The van der Waals surface area contributed by atoms with Crippen LogP contribution in [0.1, 0.15) is 55.6 Å². The Kier molecular flexibility index (Phi) is 7.17. The zero-order valence-electron chi connectivity index (χ0n) is 19.8. The number of nitrogens with zero attached hydrogens (tertiary/aromatic N) is 2. The quantitative estimate of drug-likeness (QED) is 0.418. The lowest BCUT2D eigenvalue weighted by atomic mass is 9.91. The summed E-state index contributed by atoms with van der Waals surface area (Å²) in [4.78, 5) is 16.4. The van der Waals surface area contributed by atoms with Gasteiger partial charge in [0.1, 0.15) is 11.5 Å². The van der Waals surface area contributed by atoms with E-state index in [9.17, 15) is 26.4 Å². The highest BCUT2D eigenvalue weighted by atomic mass is 32.2. The summed E-state index contributed by atoms with van der Waals surface area (Å²) in [5, 5.41) is 5.70. The van der Waals surface area contributed by atoms with Gasteiger partial charge in [-0.2, -0.15) is 13.2 Å². The normalized spacial score (nSPS) is 18.8. The summed E-state index contributed by atoms with van der Waals surface area (Å²) in [5.41, 5.74) is -0.0477. The lowest BCUT2D eigenvalue weighted by Crippen LogP contribution is -2.40. The number of imidazole rings is 1. The molecule has 0 radical (unpaired) electrons. The van der Waals surface area contributed by atoms with Crippen molar-refractivity contribution in [1.29, 1.82) is 0 Å². The molecule has 4 rings (SSSR count). The third kappa shape index (κ3) is 5.92. The molecule has 36 heavy (non-hydrogen) atoms. The second-order valence-corrected chi connectivity index (χ2v) is 11.4. The summed E-state index contributed by atoms with van der Waals surface area (Å²) in [6.07, 6.45) is -0.711. The van der Waals surface area contributed by atoms with E-state index >= 15 is 0 Å². The molecule has 8 nitrogen and oxygen atoms in total. The minimum absolute atomic E-state index is 0.0363. The molecule has 1 fully saturated rings. The number of pyridine rings is 1. The molecule has 0 aliphatic heterocycles. The number of benzene rings is 1. The molecule has 1 saturated carbocycles. The van der Waals surface area contributed by atoms with Gasteiger partial charge in [-0.1, -0.05) is 12.1 Å². The van der Waals surface area contributed by atoms with E-state index in [1.807, 2.05) is 0 Å². The number of hydrogen-bond donors (Lipinski definition) is 3. The zero-order chi connectivity index (χ0) is 26.1. The van der Waals surface area contributed by atoms with Crippen molar-refractivity contribution in [1.82, 2.24) is 14.7 Å². The molecule has 3 N–H and O–H groups in total. The zero-order valence-corrected chi connectivity index (χ0v) is 20.7. The molecule has 2 heterocycles. The number of fused-ring (bicyclic) bond motifs is 1. The number of amides is 1. The summed E-state index contributed by atoms with van der Waals surface area (Å²) in [5.74, 6) is 0.239. The summed E-state index contributed by atoms with van der Waals surface area (Å²) < 4.78 is 67.2. The number of carbonyl (C=O) groups is 1. The van der Waals surface area contributed by atoms with Gasteiger partial charge in [-0.15, -0.1) is 0 Å². The Morgan fingerprint density at radius 3 is 2.39 bits per heavy atom. The van der Waals surface area contributed by atoms with Crippen LogP contribution in [-0.4, -0.2) is 41.0 Å². The van der Waals surface area contributed by atoms with Crippen LogP contribution in [0.4, 0.5) is 24.7 Å². The Morgan fingerprint density at radius 1 is 1.06 bits per heavy atom. The molecule has 2 aromatic heterocycles. The summed E-state index contributed by atoms with van der Waals surface area (Å²) >= 11 is 0. The Labute approximate surface area is 207 Å². The second-order valence-electron chi connectivity index (χ2n) is 9.21. The van der Waals surface area contributed by atoms with E-state index in [0.29, 0.717) is 29.9 Å². The molecular weight excluding hydrogens is 495 g/mol. The molecule has 12 heteroatoms. The number of hydrogen-bond acceptors (Lipinski definition) is 5. The lowest BCUT2D eigenvalue weighted by Gasteiger charge is -2.30. The van der Waals surface area contributed by atoms with Gasteiger partial charge in [0.05, 0.1) is 5.25 Å². The van der Waals surface area contributed by atoms with Gasteiger partial charge in [0.15, 0.2) is 5.69 Å². The maximum absolute atomic E-state index is 13.1. The first-order chi connectivity index (χ1) is 16.9. The van der Waals surface area contributed by atoms with Crippen LogP contribution in [0.15, 0.2) is 48.7 Å². The molecule has 0 unspecified atom stereocenters.